The molecule has 0 saturated heterocycles. The molecule has 6 nitrogen and oxygen atoms in total. The van der Waals surface area contributed by atoms with Gasteiger partial charge in [0.2, 0.25) is 15.9 Å². The van der Waals surface area contributed by atoms with Crippen molar-refractivity contribution in [1.82, 2.24) is 9.62 Å². The molecule has 0 radical (unpaired) electrons. The minimum Gasteiger partial charge on any atom is -0.495 e. The van der Waals surface area contributed by atoms with E-state index in [1.54, 1.807) is 43.3 Å². The summed E-state index contributed by atoms with van der Waals surface area (Å²) in [5, 5.41) is 2.92. The van der Waals surface area contributed by atoms with Crippen molar-refractivity contribution < 1.29 is 22.3 Å². The highest BCUT2D eigenvalue weighted by molar-refractivity contribution is 7.89. The second-order valence-electron chi connectivity index (χ2n) is 7.40. The predicted octanol–water partition coefficient (Wildman–Crippen LogP) is 4.56. The number of amides is 1. The summed E-state index contributed by atoms with van der Waals surface area (Å²) in [7, 11) is -2.63. The van der Waals surface area contributed by atoms with E-state index in [-0.39, 0.29) is 22.3 Å². The van der Waals surface area contributed by atoms with Gasteiger partial charge < -0.3 is 10.1 Å². The molecule has 0 aliphatic rings. The minimum absolute atomic E-state index is 0.00876. The van der Waals surface area contributed by atoms with E-state index in [9.17, 15) is 17.6 Å². The summed E-state index contributed by atoms with van der Waals surface area (Å²) in [6, 6.07) is 18.4. The largest absolute Gasteiger partial charge is 0.495 e. The summed E-state index contributed by atoms with van der Waals surface area (Å²) in [4.78, 5) is 12.8. The molecule has 1 N–H and O–H groups in total. The third-order valence-corrected chi connectivity index (χ3v) is 7.11. The Balaban J connectivity index is 1.85. The van der Waals surface area contributed by atoms with E-state index >= 15 is 0 Å². The van der Waals surface area contributed by atoms with Crippen molar-refractivity contribution in [3.8, 4) is 5.75 Å². The summed E-state index contributed by atoms with van der Waals surface area (Å²) in [5.41, 5.74) is 1.42. The van der Waals surface area contributed by atoms with E-state index in [1.807, 2.05) is 6.07 Å². The number of hydrogen-bond acceptors (Lipinski definition) is 4. The first-order valence-electron chi connectivity index (χ1n) is 10.1. The van der Waals surface area contributed by atoms with Gasteiger partial charge in [-0.05, 0) is 48.4 Å². The van der Waals surface area contributed by atoms with E-state index in [4.69, 9.17) is 16.3 Å². The van der Waals surface area contributed by atoms with Gasteiger partial charge in [-0.15, -0.1) is 0 Å². The normalized spacial score (nSPS) is 12.4. The molecule has 9 heteroatoms. The summed E-state index contributed by atoms with van der Waals surface area (Å²) < 4.78 is 46.2. The van der Waals surface area contributed by atoms with Crippen LogP contribution in [-0.4, -0.2) is 32.3 Å². The Morgan fingerprint density at radius 2 is 1.76 bits per heavy atom. The van der Waals surface area contributed by atoms with Crippen molar-refractivity contribution >= 4 is 27.5 Å². The maximum Gasteiger partial charge on any atom is 0.243 e. The zero-order valence-corrected chi connectivity index (χ0v) is 19.7. The molecule has 0 saturated carbocycles. The molecule has 3 aromatic rings. The van der Waals surface area contributed by atoms with Crippen molar-refractivity contribution in [2.75, 3.05) is 13.7 Å². The molecule has 0 fully saturated rings. The second kappa shape index (κ2) is 10.8. The third kappa shape index (κ3) is 6.31. The molecule has 0 aliphatic heterocycles. The highest BCUT2D eigenvalue weighted by Crippen LogP contribution is 2.29. The maximum atomic E-state index is 13.4. The summed E-state index contributed by atoms with van der Waals surface area (Å²) >= 11 is 6.14. The third-order valence-electron chi connectivity index (χ3n) is 5.03. The second-order valence-corrected chi connectivity index (χ2v) is 9.74. The van der Waals surface area contributed by atoms with Gasteiger partial charge in [0.25, 0.3) is 0 Å². The van der Waals surface area contributed by atoms with Gasteiger partial charge in [0, 0.05) is 6.54 Å². The maximum absolute atomic E-state index is 13.4. The first kappa shape index (κ1) is 24.7. The number of carbonyl (C=O) groups excluding carboxylic acids is 1. The van der Waals surface area contributed by atoms with E-state index in [0.717, 1.165) is 9.87 Å². The van der Waals surface area contributed by atoms with Crippen LogP contribution >= 0.6 is 11.6 Å². The zero-order chi connectivity index (χ0) is 24.0. The van der Waals surface area contributed by atoms with Crippen LogP contribution in [0.5, 0.6) is 5.75 Å². The molecule has 0 aromatic heterocycles. The quantitative estimate of drug-likeness (QED) is 0.477. The Bertz CT molecular complexity index is 1200. The molecule has 0 heterocycles. The Labute approximate surface area is 198 Å². The van der Waals surface area contributed by atoms with Crippen molar-refractivity contribution in [1.29, 1.82) is 0 Å². The van der Waals surface area contributed by atoms with Crippen LogP contribution in [0.3, 0.4) is 0 Å². The Hall–Kier alpha value is -2.94. The highest BCUT2D eigenvalue weighted by Gasteiger charge is 2.28. The number of halogens is 2. The van der Waals surface area contributed by atoms with Gasteiger partial charge in [-0.2, -0.15) is 4.31 Å². The van der Waals surface area contributed by atoms with E-state index in [1.165, 1.54) is 37.4 Å². The molecule has 0 aliphatic carbocycles. The van der Waals surface area contributed by atoms with Crippen LogP contribution in [-0.2, 0) is 21.4 Å². The summed E-state index contributed by atoms with van der Waals surface area (Å²) in [5.74, 6) is -0.530. The van der Waals surface area contributed by atoms with Gasteiger partial charge in [-0.25, -0.2) is 12.8 Å². The minimum atomic E-state index is -4.06. The van der Waals surface area contributed by atoms with Gasteiger partial charge in [0.15, 0.2) is 0 Å². The number of hydrogen-bond donors (Lipinski definition) is 1. The highest BCUT2D eigenvalue weighted by atomic mass is 35.5. The van der Waals surface area contributed by atoms with E-state index in [2.05, 4.69) is 5.32 Å². The van der Waals surface area contributed by atoms with Crippen molar-refractivity contribution in [2.45, 2.75) is 24.4 Å². The van der Waals surface area contributed by atoms with Crippen LogP contribution in [0.1, 0.15) is 24.1 Å². The molecule has 33 heavy (non-hydrogen) atoms. The van der Waals surface area contributed by atoms with Gasteiger partial charge in [-0.3, -0.25) is 4.79 Å². The lowest BCUT2D eigenvalue weighted by molar-refractivity contribution is -0.122. The lowest BCUT2D eigenvalue weighted by atomic mass is 10.1. The number of nitrogens with zero attached hydrogens (tertiary/aromatic N) is 1. The average Bonchev–Trinajstić information content (AvgIpc) is 2.79. The topological polar surface area (TPSA) is 75.7 Å². The van der Waals surface area contributed by atoms with Crippen molar-refractivity contribution in [2.24, 2.45) is 0 Å². The molecule has 0 bridgehead atoms. The molecular weight excluding hydrogens is 467 g/mol. The standard InChI is InChI=1S/C24H24ClFN2O4S/c1-17(19-8-10-20(26)11-9-19)27-24(29)16-28(15-18-6-4-3-5-7-18)33(30,31)21-12-13-23(32-2)22(25)14-21/h3-14,17H,15-16H2,1-2H3,(H,27,29)/t17-/m0/s1. The molecule has 0 unspecified atom stereocenters. The van der Waals surface area contributed by atoms with Crippen LogP contribution in [0.15, 0.2) is 77.7 Å². The van der Waals surface area contributed by atoms with Crippen molar-refractivity contribution in [3.63, 3.8) is 0 Å². The number of benzene rings is 3. The number of carbonyl (C=O) groups is 1. The SMILES string of the molecule is COc1ccc(S(=O)(=O)N(CC(=O)N[C@@H](C)c2ccc(F)cc2)Cc2ccccc2)cc1Cl. The lowest BCUT2D eigenvalue weighted by Gasteiger charge is -2.23. The average molecular weight is 491 g/mol. The number of rotatable bonds is 9. The number of ether oxygens (including phenoxy) is 1. The van der Waals surface area contributed by atoms with Crippen LogP contribution in [0.25, 0.3) is 0 Å². The predicted molar refractivity (Wildman–Crippen MR) is 125 cm³/mol. The van der Waals surface area contributed by atoms with Crippen LogP contribution in [0, 0.1) is 5.82 Å². The number of methoxy groups -OCH3 is 1. The van der Waals surface area contributed by atoms with Gasteiger partial charge in [0.05, 0.1) is 29.6 Å². The summed E-state index contributed by atoms with van der Waals surface area (Å²) in [6.45, 7) is 1.32. The molecule has 1 amide bonds. The molecule has 174 valence electrons. The van der Waals surface area contributed by atoms with Gasteiger partial charge in [-0.1, -0.05) is 54.1 Å². The number of nitrogens with one attached hydrogen (secondary N) is 1. The Morgan fingerprint density at radius 1 is 1.09 bits per heavy atom. The monoisotopic (exact) mass is 490 g/mol. The van der Waals surface area contributed by atoms with Gasteiger partial charge in [0.1, 0.15) is 11.6 Å². The van der Waals surface area contributed by atoms with Crippen LogP contribution in [0.2, 0.25) is 5.02 Å². The van der Waals surface area contributed by atoms with Crippen LogP contribution < -0.4 is 10.1 Å². The van der Waals surface area contributed by atoms with Crippen molar-refractivity contribution in [3.05, 3.63) is 94.8 Å². The van der Waals surface area contributed by atoms with E-state index < -0.39 is 28.5 Å². The number of sulfonamides is 1. The molecule has 1 atom stereocenters. The fourth-order valence-corrected chi connectivity index (χ4v) is 4.99. The smallest absolute Gasteiger partial charge is 0.243 e. The first-order valence-corrected chi connectivity index (χ1v) is 11.9. The Kier molecular flexibility index (Phi) is 8.07. The zero-order valence-electron chi connectivity index (χ0n) is 18.2. The fourth-order valence-electron chi connectivity index (χ4n) is 3.25. The molecular formula is C24H24ClFN2O4S. The molecule has 3 rings (SSSR count). The van der Waals surface area contributed by atoms with Crippen LogP contribution in [0.4, 0.5) is 4.39 Å². The van der Waals surface area contributed by atoms with E-state index in [0.29, 0.717) is 11.3 Å². The van der Waals surface area contributed by atoms with Gasteiger partial charge >= 0.3 is 0 Å². The Morgan fingerprint density at radius 3 is 2.36 bits per heavy atom. The first-order chi connectivity index (χ1) is 15.7. The molecule has 0 spiro atoms. The fraction of sp³-hybridized carbons (Fsp3) is 0.208. The molecule has 3 aromatic carbocycles. The summed E-state index contributed by atoms with van der Waals surface area (Å²) in [6.07, 6.45) is 0. The lowest BCUT2D eigenvalue weighted by Crippen LogP contribution is -2.41.